The molecule has 0 saturated heterocycles. The van der Waals surface area contributed by atoms with E-state index in [4.69, 9.17) is 26.8 Å². The zero-order valence-electron chi connectivity index (χ0n) is 22.0. The van der Waals surface area contributed by atoms with Gasteiger partial charge in [-0.05, 0) is 54.8 Å². The maximum atomic E-state index is 13.7. The molecule has 3 N–H and O–H groups in total. The highest BCUT2D eigenvalue weighted by atomic mass is 35.5. The van der Waals surface area contributed by atoms with E-state index in [1.807, 2.05) is 42.5 Å². The Kier molecular flexibility index (Phi) is 7.39. The van der Waals surface area contributed by atoms with Crippen LogP contribution >= 0.6 is 11.6 Å². The molecule has 2 aromatic heterocycles. The topological polar surface area (TPSA) is 121 Å². The first-order valence-electron chi connectivity index (χ1n) is 12.4. The summed E-state index contributed by atoms with van der Waals surface area (Å²) in [7, 11) is 3.08. The van der Waals surface area contributed by atoms with E-state index in [0.29, 0.717) is 49.9 Å². The first-order chi connectivity index (χ1) is 19.3. The highest BCUT2D eigenvalue weighted by molar-refractivity contribution is 6.35. The number of methoxy groups -OCH3 is 2. The van der Waals surface area contributed by atoms with Crippen molar-refractivity contribution in [3.63, 3.8) is 0 Å². The second kappa shape index (κ2) is 11.1. The fourth-order valence-corrected chi connectivity index (χ4v) is 4.80. The first-order valence-corrected chi connectivity index (χ1v) is 12.8. The fourth-order valence-electron chi connectivity index (χ4n) is 4.54. The van der Waals surface area contributed by atoms with Gasteiger partial charge in [0.2, 0.25) is 0 Å². The summed E-state index contributed by atoms with van der Waals surface area (Å²) < 4.78 is 12.2. The van der Waals surface area contributed by atoms with Crippen molar-refractivity contribution < 1.29 is 14.3 Å². The zero-order chi connectivity index (χ0) is 28.4. The molecule has 202 valence electrons. The number of anilines is 1. The van der Waals surface area contributed by atoms with Crippen molar-refractivity contribution in [1.82, 2.24) is 19.9 Å². The Balaban J connectivity index is 1.54. The Morgan fingerprint density at radius 2 is 1.75 bits per heavy atom. The summed E-state index contributed by atoms with van der Waals surface area (Å²) in [6.07, 6.45) is 1.48. The van der Waals surface area contributed by atoms with Gasteiger partial charge in [0.15, 0.2) is 23.0 Å². The molecule has 0 saturated carbocycles. The number of para-hydroxylation sites is 1. The first kappa shape index (κ1) is 26.7. The van der Waals surface area contributed by atoms with Crippen LogP contribution in [0.25, 0.3) is 27.7 Å². The second-order valence-electron chi connectivity index (χ2n) is 9.00. The second-order valence-corrected chi connectivity index (χ2v) is 9.41. The van der Waals surface area contributed by atoms with Crippen LogP contribution in [0.5, 0.6) is 11.5 Å². The number of aromatic nitrogens is 3. The van der Waals surface area contributed by atoms with E-state index >= 15 is 0 Å². The van der Waals surface area contributed by atoms with Gasteiger partial charge in [-0.3, -0.25) is 14.2 Å². The number of rotatable bonds is 7. The lowest BCUT2D eigenvalue weighted by Gasteiger charge is -2.21. The van der Waals surface area contributed by atoms with Gasteiger partial charge in [0.1, 0.15) is 0 Å². The number of amides is 1. The van der Waals surface area contributed by atoms with Gasteiger partial charge >= 0.3 is 0 Å². The molecule has 0 aliphatic rings. The number of nitrogens with two attached hydrogens (primary N) is 1. The van der Waals surface area contributed by atoms with Gasteiger partial charge in [-0.1, -0.05) is 41.9 Å². The Morgan fingerprint density at radius 3 is 2.48 bits per heavy atom. The number of fused-ring (bicyclic) bond motifs is 1. The number of ether oxygens (including phenoxy) is 2. The van der Waals surface area contributed by atoms with Crippen molar-refractivity contribution in [2.75, 3.05) is 20.0 Å². The Hall–Kier alpha value is -4.89. The van der Waals surface area contributed by atoms with Gasteiger partial charge in [-0.25, -0.2) is 9.97 Å². The molecule has 3 aromatic carbocycles. The molecule has 0 fully saturated rings. The predicted molar refractivity (Wildman–Crippen MR) is 155 cm³/mol. The van der Waals surface area contributed by atoms with Gasteiger partial charge in [0, 0.05) is 16.9 Å². The Bertz CT molecular complexity index is 1790. The number of nitrogens with one attached hydrogen (secondary N) is 1. The van der Waals surface area contributed by atoms with Crippen LogP contribution in [-0.4, -0.2) is 34.7 Å². The van der Waals surface area contributed by atoms with Crippen LogP contribution in [0.15, 0.2) is 83.8 Å². The van der Waals surface area contributed by atoms with Crippen molar-refractivity contribution in [1.29, 1.82) is 0 Å². The third-order valence-electron chi connectivity index (χ3n) is 6.53. The molecule has 0 aliphatic carbocycles. The van der Waals surface area contributed by atoms with Crippen molar-refractivity contribution in [3.8, 4) is 28.4 Å². The number of hydrogen-bond acceptors (Lipinski definition) is 7. The average molecular weight is 556 g/mol. The summed E-state index contributed by atoms with van der Waals surface area (Å²) in [6, 6.07) is 20.9. The summed E-state index contributed by atoms with van der Waals surface area (Å²) in [5, 5.41) is 4.34. The van der Waals surface area contributed by atoms with E-state index in [2.05, 4.69) is 15.3 Å². The lowest BCUT2D eigenvalue weighted by Crippen LogP contribution is -2.33. The lowest BCUT2D eigenvalue weighted by molar-refractivity contribution is 0.0934. The van der Waals surface area contributed by atoms with Crippen LogP contribution in [0, 0.1) is 0 Å². The standard InChI is InChI=1S/C30H26ClN5O4/c1-17(23-14-19-8-7-11-21(31)26(19)30(38)36(23)20-9-5-4-6-10-20)34-29(37)27-28(32)33-16-22(35-27)18-12-13-24(39-2)25(15-18)40-3/h4-17H,1-3H3,(H2,32,33)(H,34,37). The van der Waals surface area contributed by atoms with Gasteiger partial charge in [-0.15, -0.1) is 0 Å². The van der Waals surface area contributed by atoms with Gasteiger partial charge in [-0.2, -0.15) is 0 Å². The van der Waals surface area contributed by atoms with E-state index < -0.39 is 11.9 Å². The highest BCUT2D eigenvalue weighted by Crippen LogP contribution is 2.32. The molecular weight excluding hydrogens is 530 g/mol. The molecule has 1 atom stereocenters. The molecular formula is C30H26ClN5O4. The third kappa shape index (κ3) is 4.94. The van der Waals surface area contributed by atoms with Crippen LogP contribution in [-0.2, 0) is 0 Å². The molecule has 10 heteroatoms. The quantitative estimate of drug-likeness (QED) is 0.283. The minimum absolute atomic E-state index is 0.0281. The van der Waals surface area contributed by atoms with Crippen molar-refractivity contribution in [2.24, 2.45) is 0 Å². The number of halogens is 1. The molecule has 1 amide bonds. The maximum absolute atomic E-state index is 13.7. The molecule has 5 aromatic rings. The van der Waals surface area contributed by atoms with Crippen molar-refractivity contribution >= 4 is 34.1 Å². The molecule has 0 radical (unpaired) electrons. The van der Waals surface area contributed by atoms with Crippen LogP contribution in [0.2, 0.25) is 5.02 Å². The number of carbonyl (C=O) groups is 1. The van der Waals surface area contributed by atoms with E-state index in [1.54, 1.807) is 48.9 Å². The van der Waals surface area contributed by atoms with E-state index in [9.17, 15) is 9.59 Å². The van der Waals surface area contributed by atoms with E-state index in [0.717, 1.165) is 0 Å². The maximum Gasteiger partial charge on any atom is 0.274 e. The average Bonchev–Trinajstić information content (AvgIpc) is 2.97. The van der Waals surface area contributed by atoms with Crippen LogP contribution in [0.1, 0.15) is 29.1 Å². The number of nitrogen functional groups attached to an aromatic ring is 1. The summed E-state index contributed by atoms with van der Waals surface area (Å²) >= 11 is 6.41. The van der Waals surface area contributed by atoms with E-state index in [1.165, 1.54) is 13.3 Å². The molecule has 0 bridgehead atoms. The molecule has 9 nitrogen and oxygen atoms in total. The number of hydrogen-bond donors (Lipinski definition) is 2. The lowest BCUT2D eigenvalue weighted by atomic mass is 10.1. The van der Waals surface area contributed by atoms with Gasteiger partial charge in [0.05, 0.1) is 42.6 Å². The molecule has 1 unspecified atom stereocenters. The Labute approximate surface area is 235 Å². The van der Waals surface area contributed by atoms with E-state index in [-0.39, 0.29) is 17.1 Å². The minimum Gasteiger partial charge on any atom is -0.493 e. The fraction of sp³-hybridized carbons (Fsp3) is 0.133. The number of carbonyl (C=O) groups excluding carboxylic acids is 1. The molecule has 0 aliphatic heterocycles. The molecule has 40 heavy (non-hydrogen) atoms. The van der Waals surface area contributed by atoms with Gasteiger partial charge in [0.25, 0.3) is 11.5 Å². The minimum atomic E-state index is -0.616. The number of pyridine rings is 1. The normalized spacial score (nSPS) is 11.7. The number of nitrogens with zero attached hydrogens (tertiary/aromatic N) is 3. The zero-order valence-corrected chi connectivity index (χ0v) is 22.8. The van der Waals surface area contributed by atoms with Crippen LogP contribution in [0.4, 0.5) is 5.82 Å². The van der Waals surface area contributed by atoms with Crippen molar-refractivity contribution in [3.05, 3.63) is 106 Å². The highest BCUT2D eigenvalue weighted by Gasteiger charge is 2.22. The van der Waals surface area contributed by atoms with Crippen LogP contribution < -0.4 is 26.1 Å². The molecule has 0 spiro atoms. The summed E-state index contributed by atoms with van der Waals surface area (Å²) in [4.78, 5) is 35.8. The predicted octanol–water partition coefficient (Wildman–Crippen LogP) is 5.19. The van der Waals surface area contributed by atoms with Gasteiger partial charge < -0.3 is 20.5 Å². The molecule has 5 rings (SSSR count). The SMILES string of the molecule is COc1ccc(-c2cnc(N)c(C(=O)NC(C)c3cc4cccc(Cl)c4c(=O)n3-c3ccccc3)n2)cc1OC. The van der Waals surface area contributed by atoms with Crippen molar-refractivity contribution in [2.45, 2.75) is 13.0 Å². The Morgan fingerprint density at radius 1 is 1.00 bits per heavy atom. The molecule has 2 heterocycles. The smallest absolute Gasteiger partial charge is 0.274 e. The largest absolute Gasteiger partial charge is 0.493 e. The monoisotopic (exact) mass is 555 g/mol. The number of benzene rings is 3. The third-order valence-corrected chi connectivity index (χ3v) is 6.84. The van der Waals surface area contributed by atoms with Crippen LogP contribution in [0.3, 0.4) is 0 Å². The summed E-state index contributed by atoms with van der Waals surface area (Å²) in [6.45, 7) is 1.78. The summed E-state index contributed by atoms with van der Waals surface area (Å²) in [5.41, 5.74) is 8.02. The summed E-state index contributed by atoms with van der Waals surface area (Å²) in [5.74, 6) is 0.494.